The molecule has 0 saturated carbocycles. The van der Waals surface area contributed by atoms with E-state index in [-0.39, 0.29) is 38.1 Å². The molecule has 0 atom stereocenters. The second-order valence-electron chi connectivity index (χ2n) is 3.30. The van der Waals surface area contributed by atoms with Gasteiger partial charge in [0.05, 0.1) is 13.2 Å². The van der Waals surface area contributed by atoms with Crippen molar-refractivity contribution in [1.82, 2.24) is 5.48 Å². The van der Waals surface area contributed by atoms with Crippen LogP contribution in [0, 0.1) is 10.8 Å². The normalized spacial score (nSPS) is 10.2. The maximum absolute atomic E-state index is 10.9. The first-order chi connectivity index (χ1) is 9.41. The van der Waals surface area contributed by atoms with E-state index in [4.69, 9.17) is 31.1 Å². The Balaban J connectivity index is 3.57. The summed E-state index contributed by atoms with van der Waals surface area (Å²) in [5.74, 6) is -2.57. The zero-order chi connectivity index (χ0) is 15.4. The summed E-state index contributed by atoms with van der Waals surface area (Å²) in [5.41, 5.74) is 7.03. The number of carboxylic acids is 1. The van der Waals surface area contributed by atoms with Gasteiger partial charge >= 0.3 is 11.9 Å². The van der Waals surface area contributed by atoms with Crippen molar-refractivity contribution in [2.75, 3.05) is 26.4 Å². The molecule has 0 saturated heterocycles. The fourth-order valence-corrected chi connectivity index (χ4v) is 0.789. The van der Waals surface area contributed by atoms with Gasteiger partial charge in [-0.05, 0) is 0 Å². The molecule has 0 aliphatic heterocycles. The zero-order valence-electron chi connectivity index (χ0n) is 10.5. The second-order valence-corrected chi connectivity index (χ2v) is 3.30. The number of ether oxygens (including phenoxy) is 2. The van der Waals surface area contributed by atoms with Crippen LogP contribution in [0.15, 0.2) is 12.2 Å². The number of nitrogens with two attached hydrogens (primary N) is 1. The number of hydroxylamine groups is 1. The van der Waals surface area contributed by atoms with E-state index in [1.807, 2.05) is 5.48 Å². The molecule has 0 aromatic carbocycles. The Morgan fingerprint density at radius 2 is 1.75 bits per heavy atom. The maximum Gasteiger partial charge on any atom is 0.355 e. The molecule has 0 unspecified atom stereocenters. The predicted octanol–water partition coefficient (Wildman–Crippen LogP) is -1.38. The number of nitrogens with one attached hydrogen (secondary N) is 3. The third-order valence-electron chi connectivity index (χ3n) is 1.51. The van der Waals surface area contributed by atoms with Gasteiger partial charge in [-0.1, -0.05) is 0 Å². The highest BCUT2D eigenvalue weighted by Gasteiger charge is 2.02. The number of carbonyl (C=O) groups is 2. The van der Waals surface area contributed by atoms with Gasteiger partial charge < -0.3 is 25.2 Å². The van der Waals surface area contributed by atoms with E-state index in [9.17, 15) is 9.59 Å². The molecule has 0 aromatic heterocycles. The van der Waals surface area contributed by atoms with Gasteiger partial charge in [0.1, 0.15) is 19.0 Å². The fraction of sp³-hybridized carbons (Fsp3) is 0.400. The third kappa shape index (κ3) is 12.0. The lowest BCUT2D eigenvalue weighted by atomic mass is 10.5. The van der Waals surface area contributed by atoms with Crippen molar-refractivity contribution in [3.05, 3.63) is 12.2 Å². The summed E-state index contributed by atoms with van der Waals surface area (Å²) in [7, 11) is 0. The molecule has 0 aliphatic carbocycles. The molecule has 10 heteroatoms. The Bertz CT molecular complexity index is 395. The first-order valence-corrected chi connectivity index (χ1v) is 5.35. The van der Waals surface area contributed by atoms with Crippen LogP contribution in [-0.2, 0) is 23.9 Å². The summed E-state index contributed by atoms with van der Waals surface area (Å²) in [6.07, 6.45) is 1.30. The first kappa shape index (κ1) is 17.5. The van der Waals surface area contributed by atoms with Crippen LogP contribution >= 0.6 is 0 Å². The summed E-state index contributed by atoms with van der Waals surface area (Å²) in [5, 5.41) is 22.4. The molecule has 0 fully saturated rings. The highest BCUT2D eigenvalue weighted by atomic mass is 16.7. The SMILES string of the molecule is N=C(N)COCCOCC(=N)NOC(=O)/C=C/C(=O)O. The number of hydrogen-bond acceptors (Lipinski definition) is 7. The molecule has 0 radical (unpaired) electrons. The van der Waals surface area contributed by atoms with E-state index in [1.165, 1.54) is 0 Å². The summed E-state index contributed by atoms with van der Waals surface area (Å²) in [4.78, 5) is 25.4. The van der Waals surface area contributed by atoms with Crippen LogP contribution in [0.1, 0.15) is 0 Å². The van der Waals surface area contributed by atoms with Crippen LogP contribution in [0.25, 0.3) is 0 Å². The van der Waals surface area contributed by atoms with Gasteiger partial charge in [-0.15, -0.1) is 0 Å². The number of rotatable bonds is 9. The molecular formula is C10H16N4O6. The van der Waals surface area contributed by atoms with Gasteiger partial charge in [0.25, 0.3) is 0 Å². The number of aliphatic carboxylic acids is 1. The molecule has 112 valence electrons. The van der Waals surface area contributed by atoms with Crippen LogP contribution in [0.5, 0.6) is 0 Å². The topological polar surface area (TPSA) is 168 Å². The summed E-state index contributed by atoms with van der Waals surface area (Å²) >= 11 is 0. The van der Waals surface area contributed by atoms with Crippen molar-refractivity contribution in [2.24, 2.45) is 5.73 Å². The van der Waals surface area contributed by atoms with Gasteiger partial charge in [-0.2, -0.15) is 0 Å². The fourth-order valence-electron chi connectivity index (χ4n) is 0.789. The third-order valence-corrected chi connectivity index (χ3v) is 1.51. The maximum atomic E-state index is 10.9. The van der Waals surface area contributed by atoms with E-state index >= 15 is 0 Å². The number of amidine groups is 2. The Labute approximate surface area is 114 Å². The number of carbonyl (C=O) groups excluding carboxylic acids is 1. The highest BCUT2D eigenvalue weighted by molar-refractivity contribution is 5.91. The lowest BCUT2D eigenvalue weighted by molar-refractivity contribution is -0.142. The van der Waals surface area contributed by atoms with Crippen LogP contribution in [0.2, 0.25) is 0 Å². The van der Waals surface area contributed by atoms with E-state index in [0.29, 0.717) is 12.2 Å². The summed E-state index contributed by atoms with van der Waals surface area (Å²) in [6.45, 7) is 0.226. The lowest BCUT2D eigenvalue weighted by Gasteiger charge is -2.07. The van der Waals surface area contributed by atoms with Gasteiger partial charge in [0.15, 0.2) is 5.84 Å². The first-order valence-electron chi connectivity index (χ1n) is 5.35. The zero-order valence-corrected chi connectivity index (χ0v) is 10.5. The Kier molecular flexibility index (Phi) is 9.17. The van der Waals surface area contributed by atoms with Crippen molar-refractivity contribution < 1.29 is 29.0 Å². The largest absolute Gasteiger partial charge is 0.478 e. The van der Waals surface area contributed by atoms with Crippen molar-refractivity contribution in [2.45, 2.75) is 0 Å². The lowest BCUT2D eigenvalue weighted by Crippen LogP contribution is -2.30. The van der Waals surface area contributed by atoms with Gasteiger partial charge in [-0.3, -0.25) is 10.8 Å². The van der Waals surface area contributed by atoms with E-state index in [0.717, 1.165) is 0 Å². The summed E-state index contributed by atoms with van der Waals surface area (Å²) in [6, 6.07) is 0. The monoisotopic (exact) mass is 288 g/mol. The molecule has 0 bridgehead atoms. The minimum absolute atomic E-state index is 0.00653. The van der Waals surface area contributed by atoms with E-state index in [2.05, 4.69) is 4.84 Å². The highest BCUT2D eigenvalue weighted by Crippen LogP contribution is 1.82. The molecule has 0 heterocycles. The molecule has 0 aromatic rings. The average molecular weight is 288 g/mol. The van der Waals surface area contributed by atoms with Crippen molar-refractivity contribution in [1.29, 1.82) is 10.8 Å². The molecule has 20 heavy (non-hydrogen) atoms. The quantitative estimate of drug-likeness (QED) is 0.114. The minimum Gasteiger partial charge on any atom is -0.478 e. The Morgan fingerprint density at radius 3 is 2.30 bits per heavy atom. The molecule has 0 amide bonds. The molecular weight excluding hydrogens is 272 g/mol. The smallest absolute Gasteiger partial charge is 0.355 e. The van der Waals surface area contributed by atoms with Crippen molar-refractivity contribution in [3.63, 3.8) is 0 Å². The van der Waals surface area contributed by atoms with Crippen molar-refractivity contribution in [3.8, 4) is 0 Å². The summed E-state index contributed by atoms with van der Waals surface area (Å²) < 4.78 is 9.89. The molecule has 0 spiro atoms. The second kappa shape index (κ2) is 10.5. The van der Waals surface area contributed by atoms with Gasteiger partial charge in [0.2, 0.25) is 0 Å². The van der Waals surface area contributed by atoms with Crippen LogP contribution < -0.4 is 11.2 Å². The average Bonchev–Trinajstić information content (AvgIpc) is 2.37. The molecule has 0 rings (SSSR count). The minimum atomic E-state index is -1.29. The number of carboxylic acid groups (broad SMARTS) is 1. The van der Waals surface area contributed by atoms with Crippen LogP contribution in [0.4, 0.5) is 0 Å². The standard InChI is InChI=1S/C10H16N4O6/c11-7(12)5-18-3-4-19-6-8(13)14-20-10(17)2-1-9(15)16/h1-2H,3-6H2,(H3,11,12)(H2,13,14)(H,15,16)/b2-1+. The molecule has 6 N–H and O–H groups in total. The Hall–Kier alpha value is -2.46. The Morgan fingerprint density at radius 1 is 1.15 bits per heavy atom. The number of hydrogen-bond donors (Lipinski definition) is 5. The van der Waals surface area contributed by atoms with Crippen LogP contribution in [-0.4, -0.2) is 55.1 Å². The van der Waals surface area contributed by atoms with Gasteiger partial charge in [-0.25, -0.2) is 15.1 Å². The van der Waals surface area contributed by atoms with Crippen LogP contribution in [0.3, 0.4) is 0 Å². The molecule has 0 aliphatic rings. The van der Waals surface area contributed by atoms with Crippen molar-refractivity contribution >= 4 is 23.6 Å². The molecule has 10 nitrogen and oxygen atoms in total. The van der Waals surface area contributed by atoms with Gasteiger partial charge in [0, 0.05) is 12.2 Å². The van der Waals surface area contributed by atoms with E-state index < -0.39 is 11.9 Å². The van der Waals surface area contributed by atoms with E-state index in [1.54, 1.807) is 0 Å². The predicted molar refractivity (Wildman–Crippen MR) is 67.3 cm³/mol.